The molecule has 0 amide bonds. The number of hydrogen-bond acceptors (Lipinski definition) is 5. The monoisotopic (exact) mass is 292 g/mol. The lowest BCUT2D eigenvalue weighted by molar-refractivity contribution is 0.260. The van der Waals surface area contributed by atoms with Crippen molar-refractivity contribution in [3.05, 3.63) is 10.6 Å². The quantitative estimate of drug-likeness (QED) is 0.907. The maximum atomic E-state index is 6.20. The van der Waals surface area contributed by atoms with E-state index < -0.39 is 0 Å². The molecule has 3 heterocycles. The maximum Gasteiger partial charge on any atom is 0.185 e. The summed E-state index contributed by atoms with van der Waals surface area (Å²) in [5.74, 6) is 0. The second kappa shape index (κ2) is 5.28. The lowest BCUT2D eigenvalue weighted by atomic mass is 9.99. The van der Waals surface area contributed by atoms with Gasteiger partial charge >= 0.3 is 0 Å². The Balaban J connectivity index is 1.48. The highest BCUT2D eigenvalue weighted by atomic mass is 32.1. The average molecular weight is 292 g/mol. The second-order valence-electron chi connectivity index (χ2n) is 6.44. The molecule has 0 aromatic carbocycles. The molecule has 2 fully saturated rings. The molecule has 0 saturated carbocycles. The molecule has 3 aliphatic rings. The largest absolute Gasteiger partial charge is 0.346 e. The Morgan fingerprint density at radius 1 is 1.10 bits per heavy atom. The normalized spacial score (nSPS) is 30.9. The van der Waals surface area contributed by atoms with Crippen molar-refractivity contribution in [2.75, 3.05) is 31.1 Å². The van der Waals surface area contributed by atoms with Crippen LogP contribution in [0.15, 0.2) is 0 Å². The van der Waals surface area contributed by atoms with E-state index in [1.54, 1.807) is 0 Å². The highest BCUT2D eigenvalue weighted by Gasteiger charge is 2.32. The summed E-state index contributed by atoms with van der Waals surface area (Å²) in [4.78, 5) is 11.5. The van der Waals surface area contributed by atoms with Crippen LogP contribution in [0.25, 0.3) is 0 Å². The van der Waals surface area contributed by atoms with Crippen molar-refractivity contribution >= 4 is 16.5 Å². The van der Waals surface area contributed by atoms with E-state index >= 15 is 0 Å². The van der Waals surface area contributed by atoms with E-state index in [2.05, 4.69) is 9.80 Å². The lowest BCUT2D eigenvalue weighted by Crippen LogP contribution is -2.35. The van der Waals surface area contributed by atoms with Crippen LogP contribution >= 0.6 is 11.3 Å². The standard InChI is InChI=1S/C15H24N4S/c16-12-4-3-5-13-14(12)17-15(20-13)19-9-6-11(10-19)18-7-1-2-8-18/h11-12H,1-10,16H2. The van der Waals surface area contributed by atoms with Gasteiger partial charge in [-0.3, -0.25) is 4.90 Å². The summed E-state index contributed by atoms with van der Waals surface area (Å²) < 4.78 is 0. The molecule has 1 aliphatic carbocycles. The molecule has 110 valence electrons. The van der Waals surface area contributed by atoms with Gasteiger partial charge in [0.15, 0.2) is 5.13 Å². The average Bonchev–Trinajstić information content (AvgIpc) is 3.18. The van der Waals surface area contributed by atoms with Crippen molar-refractivity contribution in [2.24, 2.45) is 5.73 Å². The highest BCUT2D eigenvalue weighted by molar-refractivity contribution is 7.15. The molecular weight excluding hydrogens is 268 g/mol. The Morgan fingerprint density at radius 2 is 1.95 bits per heavy atom. The maximum absolute atomic E-state index is 6.20. The van der Waals surface area contributed by atoms with Crippen LogP contribution in [0.1, 0.15) is 48.7 Å². The van der Waals surface area contributed by atoms with E-state index in [4.69, 9.17) is 10.7 Å². The minimum absolute atomic E-state index is 0.181. The third kappa shape index (κ3) is 2.26. The first-order valence-corrected chi connectivity index (χ1v) is 8.87. The van der Waals surface area contributed by atoms with Gasteiger partial charge in [-0.05, 0) is 51.6 Å². The first-order valence-electron chi connectivity index (χ1n) is 8.05. The molecule has 1 aromatic rings. The van der Waals surface area contributed by atoms with Gasteiger partial charge in [0.1, 0.15) is 0 Å². The van der Waals surface area contributed by atoms with Gasteiger partial charge in [0.25, 0.3) is 0 Å². The molecule has 1 aromatic heterocycles. The van der Waals surface area contributed by atoms with E-state index in [0.717, 1.165) is 12.5 Å². The van der Waals surface area contributed by atoms with Gasteiger partial charge in [-0.1, -0.05) is 0 Å². The summed E-state index contributed by atoms with van der Waals surface area (Å²) in [6.45, 7) is 4.94. The first-order chi connectivity index (χ1) is 9.81. The van der Waals surface area contributed by atoms with Crippen molar-refractivity contribution in [1.29, 1.82) is 0 Å². The Morgan fingerprint density at radius 3 is 2.75 bits per heavy atom. The van der Waals surface area contributed by atoms with Gasteiger partial charge in [0, 0.05) is 30.1 Å². The minimum Gasteiger partial charge on any atom is -0.346 e. The van der Waals surface area contributed by atoms with Crippen LogP contribution in [0.3, 0.4) is 0 Å². The number of aromatic nitrogens is 1. The molecule has 5 heteroatoms. The van der Waals surface area contributed by atoms with Gasteiger partial charge < -0.3 is 10.6 Å². The Bertz CT molecular complexity index is 480. The third-order valence-corrected chi connectivity index (χ3v) is 6.27. The highest BCUT2D eigenvalue weighted by Crippen LogP contribution is 2.37. The number of rotatable bonds is 2. The van der Waals surface area contributed by atoms with Crippen LogP contribution in [-0.4, -0.2) is 42.1 Å². The fraction of sp³-hybridized carbons (Fsp3) is 0.800. The number of thiazole rings is 1. The van der Waals surface area contributed by atoms with Crippen molar-refractivity contribution in [1.82, 2.24) is 9.88 Å². The molecule has 2 saturated heterocycles. The molecule has 0 radical (unpaired) electrons. The van der Waals surface area contributed by atoms with Gasteiger partial charge in [-0.2, -0.15) is 0 Å². The van der Waals surface area contributed by atoms with Crippen molar-refractivity contribution < 1.29 is 0 Å². The summed E-state index contributed by atoms with van der Waals surface area (Å²) >= 11 is 1.90. The van der Waals surface area contributed by atoms with Crippen LogP contribution in [0.5, 0.6) is 0 Å². The molecule has 0 spiro atoms. The Hall–Kier alpha value is -0.650. The van der Waals surface area contributed by atoms with Crippen molar-refractivity contribution in [3.8, 4) is 0 Å². The summed E-state index contributed by atoms with van der Waals surface area (Å²) in [5.41, 5.74) is 7.40. The second-order valence-corrected chi connectivity index (χ2v) is 7.50. The van der Waals surface area contributed by atoms with E-state index in [0.29, 0.717) is 0 Å². The first kappa shape index (κ1) is 13.0. The summed E-state index contributed by atoms with van der Waals surface area (Å²) in [6, 6.07) is 0.938. The number of aryl methyl sites for hydroxylation is 1. The van der Waals surface area contributed by atoms with E-state index in [9.17, 15) is 0 Å². The molecule has 20 heavy (non-hydrogen) atoms. The van der Waals surface area contributed by atoms with Crippen LogP contribution in [0, 0.1) is 0 Å². The lowest BCUT2D eigenvalue weighted by Gasteiger charge is -2.23. The molecule has 2 aliphatic heterocycles. The van der Waals surface area contributed by atoms with Crippen molar-refractivity contribution in [3.63, 3.8) is 0 Å². The van der Waals surface area contributed by atoms with Gasteiger partial charge in [-0.15, -0.1) is 11.3 Å². The number of hydrogen-bond donors (Lipinski definition) is 1. The zero-order valence-corrected chi connectivity index (χ0v) is 12.9. The minimum atomic E-state index is 0.181. The number of anilines is 1. The molecule has 2 atom stereocenters. The van der Waals surface area contributed by atoms with Crippen LogP contribution < -0.4 is 10.6 Å². The van der Waals surface area contributed by atoms with Crippen molar-refractivity contribution in [2.45, 2.75) is 50.6 Å². The van der Waals surface area contributed by atoms with Gasteiger partial charge in [0.05, 0.1) is 5.69 Å². The number of likely N-dealkylation sites (tertiary alicyclic amines) is 1. The zero-order chi connectivity index (χ0) is 13.5. The topological polar surface area (TPSA) is 45.4 Å². The predicted octanol–water partition coefficient (Wildman–Crippen LogP) is 2.15. The number of fused-ring (bicyclic) bond motifs is 1. The van der Waals surface area contributed by atoms with Gasteiger partial charge in [0.2, 0.25) is 0 Å². The van der Waals surface area contributed by atoms with E-state index in [1.807, 2.05) is 11.3 Å². The SMILES string of the molecule is NC1CCCc2sc(N3CCC(N4CCCC4)C3)nc21. The third-order valence-electron chi connectivity index (χ3n) is 5.08. The molecule has 0 bridgehead atoms. The number of nitrogens with zero attached hydrogens (tertiary/aromatic N) is 3. The Kier molecular flexibility index (Phi) is 3.44. The van der Waals surface area contributed by atoms with Gasteiger partial charge in [-0.25, -0.2) is 4.98 Å². The molecular formula is C15H24N4S. The molecule has 2 unspecified atom stereocenters. The van der Waals surface area contributed by atoms with Crippen LogP contribution in [0.4, 0.5) is 5.13 Å². The van der Waals surface area contributed by atoms with E-state index in [1.165, 1.54) is 74.0 Å². The fourth-order valence-corrected chi connectivity index (χ4v) is 5.10. The number of nitrogens with two attached hydrogens (primary N) is 1. The molecule has 4 nitrogen and oxygen atoms in total. The van der Waals surface area contributed by atoms with Crippen LogP contribution in [0.2, 0.25) is 0 Å². The smallest absolute Gasteiger partial charge is 0.185 e. The fourth-order valence-electron chi connectivity index (χ4n) is 3.89. The predicted molar refractivity (Wildman–Crippen MR) is 83.4 cm³/mol. The van der Waals surface area contributed by atoms with Crippen LogP contribution in [-0.2, 0) is 6.42 Å². The Labute approximate surface area is 125 Å². The summed E-state index contributed by atoms with van der Waals surface area (Å²) in [5, 5.41) is 1.23. The summed E-state index contributed by atoms with van der Waals surface area (Å²) in [6.07, 6.45) is 7.59. The molecule has 2 N–H and O–H groups in total. The summed E-state index contributed by atoms with van der Waals surface area (Å²) in [7, 11) is 0. The van der Waals surface area contributed by atoms with E-state index in [-0.39, 0.29) is 6.04 Å². The molecule has 4 rings (SSSR count). The zero-order valence-electron chi connectivity index (χ0n) is 12.1.